The maximum atomic E-state index is 12.6. The van der Waals surface area contributed by atoms with Crippen molar-refractivity contribution in [1.29, 1.82) is 0 Å². The van der Waals surface area contributed by atoms with Gasteiger partial charge in [-0.2, -0.15) is 4.98 Å². The Kier molecular flexibility index (Phi) is 5.64. The second-order valence-electron chi connectivity index (χ2n) is 6.65. The summed E-state index contributed by atoms with van der Waals surface area (Å²) >= 11 is 0. The van der Waals surface area contributed by atoms with Crippen molar-refractivity contribution in [3.63, 3.8) is 0 Å². The molecule has 0 N–H and O–H groups in total. The Hall–Kier alpha value is -2.43. The largest absolute Gasteiger partial charge is 0.472 e. The van der Waals surface area contributed by atoms with Crippen molar-refractivity contribution in [3.8, 4) is 5.88 Å². The molecule has 1 aromatic heterocycles. The molecule has 3 rings (SSSR count). The molecule has 1 fully saturated rings. The molecule has 2 heterocycles. The molecule has 0 unspecified atom stereocenters. The topological polar surface area (TPSA) is 55.3 Å². The minimum absolute atomic E-state index is 0.00553. The van der Waals surface area contributed by atoms with E-state index in [0.717, 1.165) is 25.8 Å². The SMILES string of the molecule is Cc1cccc(CCC(=O)N2CCC[C@@H](Oc3ccnc(C)n3)C2)c1. The molecule has 25 heavy (non-hydrogen) atoms. The van der Waals surface area contributed by atoms with Gasteiger partial charge in [0, 0.05) is 25.2 Å². The highest BCUT2D eigenvalue weighted by atomic mass is 16.5. The van der Waals surface area contributed by atoms with E-state index < -0.39 is 0 Å². The molecular weight excluding hydrogens is 314 g/mol. The van der Waals surface area contributed by atoms with Gasteiger partial charge < -0.3 is 9.64 Å². The lowest BCUT2D eigenvalue weighted by Gasteiger charge is -2.32. The van der Waals surface area contributed by atoms with E-state index in [2.05, 4.69) is 35.1 Å². The van der Waals surface area contributed by atoms with Crippen LogP contribution in [0.1, 0.15) is 36.2 Å². The quantitative estimate of drug-likeness (QED) is 0.840. The molecule has 2 aromatic rings. The minimum atomic E-state index is 0.00553. The first kappa shape index (κ1) is 17.4. The van der Waals surface area contributed by atoms with Crippen LogP contribution < -0.4 is 4.74 Å². The highest BCUT2D eigenvalue weighted by molar-refractivity contribution is 5.76. The second kappa shape index (κ2) is 8.10. The van der Waals surface area contributed by atoms with E-state index in [9.17, 15) is 4.79 Å². The monoisotopic (exact) mass is 339 g/mol. The van der Waals surface area contributed by atoms with Gasteiger partial charge in [0.15, 0.2) is 0 Å². The molecule has 1 atom stereocenters. The van der Waals surface area contributed by atoms with Gasteiger partial charge in [0.2, 0.25) is 11.8 Å². The Morgan fingerprint density at radius 3 is 3.00 bits per heavy atom. The highest BCUT2D eigenvalue weighted by Crippen LogP contribution is 2.18. The van der Waals surface area contributed by atoms with Gasteiger partial charge in [-0.1, -0.05) is 29.8 Å². The van der Waals surface area contributed by atoms with E-state index in [1.807, 2.05) is 17.9 Å². The second-order valence-corrected chi connectivity index (χ2v) is 6.65. The Morgan fingerprint density at radius 1 is 1.32 bits per heavy atom. The van der Waals surface area contributed by atoms with Crippen LogP contribution in [-0.2, 0) is 11.2 Å². The first-order valence-electron chi connectivity index (χ1n) is 8.90. The molecule has 1 saturated heterocycles. The summed E-state index contributed by atoms with van der Waals surface area (Å²) in [6, 6.07) is 10.1. The molecule has 0 radical (unpaired) electrons. The summed E-state index contributed by atoms with van der Waals surface area (Å²) in [4.78, 5) is 22.8. The summed E-state index contributed by atoms with van der Waals surface area (Å²) < 4.78 is 5.95. The van der Waals surface area contributed by atoms with Crippen LogP contribution in [-0.4, -0.2) is 40.0 Å². The zero-order valence-electron chi connectivity index (χ0n) is 14.9. The maximum Gasteiger partial charge on any atom is 0.223 e. The van der Waals surface area contributed by atoms with Crippen LogP contribution in [0, 0.1) is 13.8 Å². The molecule has 132 valence electrons. The average molecular weight is 339 g/mol. The van der Waals surface area contributed by atoms with Crippen LogP contribution in [0.3, 0.4) is 0 Å². The fraction of sp³-hybridized carbons (Fsp3) is 0.450. The van der Waals surface area contributed by atoms with Crippen molar-refractivity contribution in [2.45, 2.75) is 45.6 Å². The number of piperidine rings is 1. The number of benzene rings is 1. The van der Waals surface area contributed by atoms with Gasteiger partial charge in [0.1, 0.15) is 11.9 Å². The van der Waals surface area contributed by atoms with Gasteiger partial charge in [0.05, 0.1) is 6.54 Å². The molecule has 0 bridgehead atoms. The predicted octanol–water partition coefficient (Wildman–Crippen LogP) is 3.10. The molecule has 5 nitrogen and oxygen atoms in total. The zero-order valence-corrected chi connectivity index (χ0v) is 14.9. The molecule has 1 aromatic carbocycles. The number of aryl methyl sites for hydroxylation is 3. The Balaban J connectivity index is 1.52. The van der Waals surface area contributed by atoms with Crippen molar-refractivity contribution < 1.29 is 9.53 Å². The maximum absolute atomic E-state index is 12.6. The average Bonchev–Trinajstić information content (AvgIpc) is 2.60. The van der Waals surface area contributed by atoms with Crippen LogP contribution >= 0.6 is 0 Å². The minimum Gasteiger partial charge on any atom is -0.472 e. The molecular formula is C20H25N3O2. The van der Waals surface area contributed by atoms with Crippen molar-refractivity contribution in [2.24, 2.45) is 0 Å². The number of likely N-dealkylation sites (tertiary alicyclic amines) is 1. The van der Waals surface area contributed by atoms with Gasteiger partial charge in [-0.05, 0) is 38.7 Å². The third kappa shape index (κ3) is 5.02. The number of carbonyl (C=O) groups is 1. The van der Waals surface area contributed by atoms with Crippen LogP contribution in [0.5, 0.6) is 5.88 Å². The molecule has 0 aliphatic carbocycles. The molecule has 1 aliphatic heterocycles. The molecule has 0 saturated carbocycles. The van der Waals surface area contributed by atoms with E-state index in [1.54, 1.807) is 12.3 Å². The number of rotatable bonds is 5. The van der Waals surface area contributed by atoms with E-state index in [0.29, 0.717) is 24.7 Å². The Bertz CT molecular complexity index is 732. The number of hydrogen-bond acceptors (Lipinski definition) is 4. The highest BCUT2D eigenvalue weighted by Gasteiger charge is 2.25. The molecule has 1 amide bonds. The van der Waals surface area contributed by atoms with E-state index >= 15 is 0 Å². The number of carbonyl (C=O) groups excluding carboxylic acids is 1. The van der Waals surface area contributed by atoms with Crippen molar-refractivity contribution >= 4 is 5.91 Å². The van der Waals surface area contributed by atoms with E-state index in [-0.39, 0.29) is 12.0 Å². The summed E-state index contributed by atoms with van der Waals surface area (Å²) in [5.74, 6) is 1.49. The van der Waals surface area contributed by atoms with Crippen LogP contribution in [0.4, 0.5) is 0 Å². The van der Waals surface area contributed by atoms with Crippen molar-refractivity contribution in [2.75, 3.05) is 13.1 Å². The van der Waals surface area contributed by atoms with E-state index in [4.69, 9.17) is 4.74 Å². The lowest BCUT2D eigenvalue weighted by molar-refractivity contribution is -0.133. The van der Waals surface area contributed by atoms with Crippen LogP contribution in [0.15, 0.2) is 36.5 Å². The normalized spacial score (nSPS) is 17.4. The number of aromatic nitrogens is 2. The lowest BCUT2D eigenvalue weighted by atomic mass is 10.0. The predicted molar refractivity (Wildman–Crippen MR) is 96.5 cm³/mol. The fourth-order valence-electron chi connectivity index (χ4n) is 3.21. The standard InChI is InChI=1S/C20H25N3O2/c1-15-5-3-6-17(13-15)8-9-20(24)23-12-4-7-18(14-23)25-19-10-11-21-16(2)22-19/h3,5-6,10-11,13,18H,4,7-9,12,14H2,1-2H3/t18-/m1/s1. The molecule has 0 spiro atoms. The first-order chi connectivity index (χ1) is 12.1. The molecule has 5 heteroatoms. The smallest absolute Gasteiger partial charge is 0.223 e. The number of nitrogens with zero attached hydrogens (tertiary/aromatic N) is 3. The third-order valence-electron chi connectivity index (χ3n) is 4.48. The van der Waals surface area contributed by atoms with Crippen LogP contribution in [0.2, 0.25) is 0 Å². The number of hydrogen-bond donors (Lipinski definition) is 0. The zero-order chi connectivity index (χ0) is 17.6. The Labute approximate surface area is 149 Å². The van der Waals surface area contributed by atoms with Crippen molar-refractivity contribution in [3.05, 3.63) is 53.5 Å². The van der Waals surface area contributed by atoms with Crippen LogP contribution in [0.25, 0.3) is 0 Å². The fourth-order valence-corrected chi connectivity index (χ4v) is 3.21. The van der Waals surface area contributed by atoms with Gasteiger partial charge in [-0.25, -0.2) is 4.98 Å². The van der Waals surface area contributed by atoms with Crippen molar-refractivity contribution in [1.82, 2.24) is 14.9 Å². The third-order valence-corrected chi connectivity index (χ3v) is 4.48. The van der Waals surface area contributed by atoms with E-state index in [1.165, 1.54) is 11.1 Å². The summed E-state index contributed by atoms with van der Waals surface area (Å²) in [6.07, 6.45) is 4.95. The number of amides is 1. The lowest BCUT2D eigenvalue weighted by Crippen LogP contribution is -2.44. The first-order valence-corrected chi connectivity index (χ1v) is 8.90. The number of ether oxygens (including phenoxy) is 1. The Morgan fingerprint density at radius 2 is 2.20 bits per heavy atom. The summed E-state index contributed by atoms with van der Waals surface area (Å²) in [5, 5.41) is 0. The van der Waals surface area contributed by atoms with Gasteiger partial charge in [-0.3, -0.25) is 4.79 Å². The summed E-state index contributed by atoms with van der Waals surface area (Å²) in [7, 11) is 0. The molecule has 1 aliphatic rings. The summed E-state index contributed by atoms with van der Waals surface area (Å²) in [6.45, 7) is 5.37. The summed E-state index contributed by atoms with van der Waals surface area (Å²) in [5.41, 5.74) is 2.45. The van der Waals surface area contributed by atoms with Gasteiger partial charge in [0.25, 0.3) is 0 Å². The van der Waals surface area contributed by atoms with Gasteiger partial charge in [-0.15, -0.1) is 0 Å². The van der Waals surface area contributed by atoms with Gasteiger partial charge >= 0.3 is 0 Å².